The lowest BCUT2D eigenvalue weighted by molar-refractivity contribution is 1.08. The molecule has 11 aromatic rings. The lowest BCUT2D eigenvalue weighted by Crippen LogP contribution is -2.01. The molecule has 4 aromatic heterocycles. The molecule has 0 bridgehead atoms. The molecule has 0 saturated heterocycles. The molecule has 0 aliphatic heterocycles. The summed E-state index contributed by atoms with van der Waals surface area (Å²) in [6.07, 6.45) is 0. The van der Waals surface area contributed by atoms with Crippen molar-refractivity contribution in [3.8, 4) is 22.9 Å². The number of thiophene rings is 1. The number of hydrogen-bond donors (Lipinski definition) is 0. The molecule has 0 aliphatic rings. The summed E-state index contributed by atoms with van der Waals surface area (Å²) in [7, 11) is 0. The van der Waals surface area contributed by atoms with E-state index in [4.69, 9.17) is 9.97 Å². The molecule has 0 unspecified atom stereocenters. The van der Waals surface area contributed by atoms with Gasteiger partial charge in [0, 0.05) is 42.9 Å². The van der Waals surface area contributed by atoms with E-state index in [-0.39, 0.29) is 0 Å². The van der Waals surface area contributed by atoms with Crippen LogP contribution in [0.1, 0.15) is 0 Å². The fraction of sp³-hybridized carbons (Fsp3) is 0. The van der Waals surface area contributed by atoms with Gasteiger partial charge in [0.25, 0.3) is 0 Å². The van der Waals surface area contributed by atoms with E-state index in [2.05, 4.69) is 161 Å². The first-order chi connectivity index (χ1) is 24.3. The highest BCUT2D eigenvalue weighted by Gasteiger charge is 2.24. The number of aromatic nitrogens is 4. The molecule has 0 saturated carbocycles. The molecule has 0 amide bonds. The molecule has 0 N–H and O–H groups in total. The molecule has 0 radical (unpaired) electrons. The van der Waals surface area contributed by atoms with Gasteiger partial charge in [-0.25, -0.2) is 9.97 Å². The van der Waals surface area contributed by atoms with Crippen molar-refractivity contribution in [3.05, 3.63) is 158 Å². The van der Waals surface area contributed by atoms with Crippen LogP contribution in [0.4, 0.5) is 0 Å². The number of benzene rings is 7. The minimum atomic E-state index is 0.723. The number of hydrogen-bond acceptors (Lipinski definition) is 3. The Morgan fingerprint density at radius 2 is 1.12 bits per heavy atom. The third-order valence-electron chi connectivity index (χ3n) is 9.92. The summed E-state index contributed by atoms with van der Waals surface area (Å²) in [4.78, 5) is 10.8. The Morgan fingerprint density at radius 3 is 1.94 bits per heavy atom. The van der Waals surface area contributed by atoms with Crippen LogP contribution in [0.25, 0.3) is 97.6 Å². The molecule has 4 heterocycles. The molecule has 0 spiro atoms. The maximum Gasteiger partial charge on any atom is 0.162 e. The van der Waals surface area contributed by atoms with Crippen LogP contribution in [-0.2, 0) is 0 Å². The van der Waals surface area contributed by atoms with Crippen molar-refractivity contribution >= 4 is 86.0 Å². The van der Waals surface area contributed by atoms with Crippen LogP contribution >= 0.6 is 11.3 Å². The van der Waals surface area contributed by atoms with Gasteiger partial charge in [0.2, 0.25) is 0 Å². The largest absolute Gasteiger partial charge is 0.309 e. The predicted octanol–water partition coefficient (Wildman–Crippen LogP) is 11.9. The highest BCUT2D eigenvalue weighted by atomic mass is 32.1. The van der Waals surface area contributed by atoms with Gasteiger partial charge >= 0.3 is 0 Å². The second-order valence-corrected chi connectivity index (χ2v) is 13.6. The summed E-state index contributed by atoms with van der Waals surface area (Å²) in [6, 6.07) is 56.3. The standard InChI is InChI=1S/C44H26N4S/c1-3-14-28(15-4-1)43-45-40-39-30-18-8-7-13-27(30)23-26-37(39)49-42(40)44(46-43)48-35-22-12-10-20-33(35)38-36(48)25-24-32-31-19-9-11-21-34(31)47(41(32)38)29-16-5-2-6-17-29/h1-26H. The maximum absolute atomic E-state index is 5.45. The van der Waals surface area contributed by atoms with Crippen LogP contribution in [0.3, 0.4) is 0 Å². The van der Waals surface area contributed by atoms with Gasteiger partial charge < -0.3 is 4.57 Å². The Bertz CT molecular complexity index is 3100. The van der Waals surface area contributed by atoms with Gasteiger partial charge in [-0.2, -0.15) is 0 Å². The average Bonchev–Trinajstić information content (AvgIpc) is 3.83. The van der Waals surface area contributed by atoms with Crippen molar-refractivity contribution in [2.75, 3.05) is 0 Å². The SMILES string of the molecule is c1ccc(-c2nc(-n3c4ccccc4c4c3ccc3c5ccccc5n(-c5ccccc5)c34)c3sc4ccc5ccccc5c4c3n2)cc1. The number of fused-ring (bicyclic) bond motifs is 12. The summed E-state index contributed by atoms with van der Waals surface area (Å²) in [5.41, 5.74) is 7.77. The lowest BCUT2D eigenvalue weighted by Gasteiger charge is -2.11. The van der Waals surface area contributed by atoms with Gasteiger partial charge in [0.1, 0.15) is 0 Å². The third-order valence-corrected chi connectivity index (χ3v) is 11.1. The summed E-state index contributed by atoms with van der Waals surface area (Å²) >= 11 is 1.78. The van der Waals surface area contributed by atoms with E-state index in [0.29, 0.717) is 0 Å². The summed E-state index contributed by atoms with van der Waals surface area (Å²) in [5, 5.41) is 8.50. The van der Waals surface area contributed by atoms with Crippen LogP contribution < -0.4 is 0 Å². The van der Waals surface area contributed by atoms with Crippen LogP contribution in [0.2, 0.25) is 0 Å². The zero-order valence-electron chi connectivity index (χ0n) is 26.2. The summed E-state index contributed by atoms with van der Waals surface area (Å²) in [5.74, 6) is 1.63. The molecule has 0 aliphatic carbocycles. The molecule has 228 valence electrons. The molecule has 0 atom stereocenters. The van der Waals surface area contributed by atoms with Gasteiger partial charge in [0.15, 0.2) is 11.6 Å². The first kappa shape index (κ1) is 26.7. The number of rotatable bonds is 3. The highest BCUT2D eigenvalue weighted by Crippen LogP contribution is 2.45. The quantitative estimate of drug-likeness (QED) is 0.192. The maximum atomic E-state index is 5.45. The molecule has 4 nitrogen and oxygen atoms in total. The number of para-hydroxylation sites is 3. The second-order valence-electron chi connectivity index (χ2n) is 12.6. The monoisotopic (exact) mass is 642 g/mol. The van der Waals surface area contributed by atoms with Gasteiger partial charge in [0.05, 0.1) is 32.3 Å². The minimum absolute atomic E-state index is 0.723. The van der Waals surface area contributed by atoms with Crippen molar-refractivity contribution in [1.82, 2.24) is 19.1 Å². The van der Waals surface area contributed by atoms with Gasteiger partial charge in [-0.15, -0.1) is 11.3 Å². The van der Waals surface area contributed by atoms with E-state index in [1.807, 2.05) is 6.07 Å². The zero-order chi connectivity index (χ0) is 32.1. The molecule has 11 rings (SSSR count). The molecule has 5 heteroatoms. The van der Waals surface area contributed by atoms with Crippen LogP contribution in [-0.4, -0.2) is 19.1 Å². The van der Waals surface area contributed by atoms with E-state index < -0.39 is 0 Å². The Balaban J connectivity index is 1.35. The molecule has 7 aromatic carbocycles. The molecule has 0 fully saturated rings. The predicted molar refractivity (Wildman–Crippen MR) is 207 cm³/mol. The zero-order valence-corrected chi connectivity index (χ0v) is 27.0. The minimum Gasteiger partial charge on any atom is -0.309 e. The smallest absolute Gasteiger partial charge is 0.162 e. The summed E-state index contributed by atoms with van der Waals surface area (Å²) < 4.78 is 7.10. The second kappa shape index (κ2) is 10.1. The van der Waals surface area contributed by atoms with E-state index in [1.54, 1.807) is 11.3 Å². The normalized spacial score (nSPS) is 12.1. The summed E-state index contributed by atoms with van der Waals surface area (Å²) in [6.45, 7) is 0. The third kappa shape index (κ3) is 3.73. The van der Waals surface area contributed by atoms with Crippen LogP contribution in [0.5, 0.6) is 0 Å². The average molecular weight is 643 g/mol. The Hall–Kier alpha value is -6.30. The van der Waals surface area contributed by atoms with E-state index >= 15 is 0 Å². The number of nitrogens with zero attached hydrogens (tertiary/aromatic N) is 4. The molecular formula is C44H26N4S. The van der Waals surface area contributed by atoms with Gasteiger partial charge in [-0.1, -0.05) is 121 Å². The van der Waals surface area contributed by atoms with E-state index in [1.165, 1.54) is 53.4 Å². The van der Waals surface area contributed by atoms with Gasteiger partial charge in [-0.3, -0.25) is 4.57 Å². The van der Waals surface area contributed by atoms with Crippen LogP contribution in [0, 0.1) is 0 Å². The first-order valence-corrected chi connectivity index (χ1v) is 17.3. The molecular weight excluding hydrogens is 617 g/mol. The van der Waals surface area contributed by atoms with E-state index in [9.17, 15) is 0 Å². The Labute approximate surface area is 284 Å². The first-order valence-electron chi connectivity index (χ1n) is 16.5. The highest BCUT2D eigenvalue weighted by molar-refractivity contribution is 7.26. The fourth-order valence-electron chi connectivity index (χ4n) is 7.84. The Kier molecular flexibility index (Phi) is 5.51. The molecule has 49 heavy (non-hydrogen) atoms. The van der Waals surface area contributed by atoms with Crippen molar-refractivity contribution in [2.24, 2.45) is 0 Å². The van der Waals surface area contributed by atoms with Crippen molar-refractivity contribution in [3.63, 3.8) is 0 Å². The van der Waals surface area contributed by atoms with Crippen molar-refractivity contribution < 1.29 is 0 Å². The van der Waals surface area contributed by atoms with Crippen molar-refractivity contribution in [2.45, 2.75) is 0 Å². The Morgan fingerprint density at radius 1 is 0.449 bits per heavy atom. The van der Waals surface area contributed by atoms with E-state index in [0.717, 1.165) is 44.1 Å². The van der Waals surface area contributed by atoms with Crippen molar-refractivity contribution in [1.29, 1.82) is 0 Å². The van der Waals surface area contributed by atoms with Crippen LogP contribution in [0.15, 0.2) is 158 Å². The topological polar surface area (TPSA) is 35.6 Å². The fourth-order valence-corrected chi connectivity index (χ4v) is 8.98. The van der Waals surface area contributed by atoms with Gasteiger partial charge in [-0.05, 0) is 47.2 Å². The lowest BCUT2D eigenvalue weighted by atomic mass is 10.1.